The molecule has 28 heavy (non-hydrogen) atoms. The Bertz CT molecular complexity index is 893. The lowest BCUT2D eigenvalue weighted by Gasteiger charge is -2.42. The molecule has 2 aromatic carbocycles. The highest BCUT2D eigenvalue weighted by molar-refractivity contribution is 9.10. The normalized spacial score (nSPS) is 17.9. The number of hydrogen-bond acceptors (Lipinski definition) is 3. The van der Waals surface area contributed by atoms with Gasteiger partial charge in [0.2, 0.25) is 0 Å². The third kappa shape index (κ3) is 4.86. The first-order chi connectivity index (χ1) is 13.7. The van der Waals surface area contributed by atoms with Gasteiger partial charge in [0.15, 0.2) is 0 Å². The van der Waals surface area contributed by atoms with Crippen LogP contribution in [0.1, 0.15) is 17.5 Å². The van der Waals surface area contributed by atoms with E-state index in [2.05, 4.69) is 85.9 Å². The van der Waals surface area contributed by atoms with Gasteiger partial charge in [-0.15, -0.1) is 0 Å². The van der Waals surface area contributed by atoms with Crippen molar-refractivity contribution in [3.63, 3.8) is 0 Å². The van der Waals surface area contributed by atoms with E-state index in [9.17, 15) is 0 Å². The Balaban J connectivity index is 1.38. The molecule has 0 aliphatic carbocycles. The quantitative estimate of drug-likeness (QED) is 0.669. The van der Waals surface area contributed by atoms with E-state index >= 15 is 0 Å². The summed E-state index contributed by atoms with van der Waals surface area (Å²) in [5.41, 5.74) is 5.55. The highest BCUT2D eigenvalue weighted by Crippen LogP contribution is 2.26. The molecule has 0 radical (unpaired) electrons. The van der Waals surface area contributed by atoms with Crippen molar-refractivity contribution in [2.45, 2.75) is 13.0 Å². The van der Waals surface area contributed by atoms with Crippen LogP contribution < -0.4 is 0 Å². The average Bonchev–Trinajstić information content (AvgIpc) is 2.70. The fourth-order valence-electron chi connectivity index (χ4n) is 4.05. The predicted octanol–water partition coefficient (Wildman–Crippen LogP) is 4.17. The molecule has 4 heteroatoms. The van der Waals surface area contributed by atoms with Crippen molar-refractivity contribution < 1.29 is 0 Å². The average molecular weight is 436 g/mol. The SMILES string of the molecule is CN1CN(Cc2ccc(Br)cc2)CC2=C1CCN(CC#Cc1ccccc1)C2. The molecule has 2 heterocycles. The summed E-state index contributed by atoms with van der Waals surface area (Å²) in [5, 5.41) is 0. The third-order valence-corrected chi connectivity index (χ3v) is 5.93. The molecule has 2 aliphatic heterocycles. The lowest BCUT2D eigenvalue weighted by atomic mass is 10.0. The minimum absolute atomic E-state index is 0.835. The summed E-state index contributed by atoms with van der Waals surface area (Å²) in [4.78, 5) is 7.44. The molecule has 3 nitrogen and oxygen atoms in total. The van der Waals surface area contributed by atoms with Crippen molar-refractivity contribution in [3.8, 4) is 11.8 Å². The van der Waals surface area contributed by atoms with Gasteiger partial charge in [0.1, 0.15) is 0 Å². The second-order valence-corrected chi connectivity index (χ2v) is 8.55. The van der Waals surface area contributed by atoms with Gasteiger partial charge in [0, 0.05) is 55.4 Å². The second-order valence-electron chi connectivity index (χ2n) is 7.63. The summed E-state index contributed by atoms with van der Waals surface area (Å²) in [5.74, 6) is 6.64. The fraction of sp³-hybridized carbons (Fsp3) is 0.333. The van der Waals surface area contributed by atoms with E-state index < -0.39 is 0 Å². The molecule has 0 aromatic heterocycles. The van der Waals surface area contributed by atoms with Crippen LogP contribution in [0, 0.1) is 11.8 Å². The Hall–Kier alpha value is -2.06. The Labute approximate surface area is 176 Å². The van der Waals surface area contributed by atoms with E-state index in [-0.39, 0.29) is 0 Å². The molecule has 0 amide bonds. The zero-order chi connectivity index (χ0) is 19.3. The van der Waals surface area contributed by atoms with E-state index in [1.165, 1.54) is 5.56 Å². The van der Waals surface area contributed by atoms with Gasteiger partial charge in [0.25, 0.3) is 0 Å². The molecule has 0 unspecified atom stereocenters. The maximum Gasteiger partial charge on any atom is 0.0706 e. The van der Waals surface area contributed by atoms with Crippen molar-refractivity contribution in [1.29, 1.82) is 0 Å². The first kappa shape index (κ1) is 19.3. The Morgan fingerprint density at radius 1 is 0.964 bits per heavy atom. The van der Waals surface area contributed by atoms with Crippen LogP contribution in [0.2, 0.25) is 0 Å². The van der Waals surface area contributed by atoms with Crippen molar-refractivity contribution >= 4 is 15.9 Å². The molecule has 2 aromatic rings. The smallest absolute Gasteiger partial charge is 0.0706 e. The van der Waals surface area contributed by atoms with E-state index in [4.69, 9.17) is 0 Å². The molecule has 2 aliphatic rings. The highest BCUT2D eigenvalue weighted by atomic mass is 79.9. The second kappa shape index (κ2) is 8.96. The summed E-state index contributed by atoms with van der Waals surface area (Å²) in [6, 6.07) is 18.9. The Morgan fingerprint density at radius 2 is 1.71 bits per heavy atom. The topological polar surface area (TPSA) is 9.72 Å². The van der Waals surface area contributed by atoms with Gasteiger partial charge in [-0.25, -0.2) is 0 Å². The van der Waals surface area contributed by atoms with Crippen LogP contribution in [0.3, 0.4) is 0 Å². The Morgan fingerprint density at radius 3 is 2.50 bits per heavy atom. The van der Waals surface area contributed by atoms with Crippen LogP contribution >= 0.6 is 15.9 Å². The maximum absolute atomic E-state index is 3.52. The van der Waals surface area contributed by atoms with Crippen molar-refractivity contribution in [1.82, 2.24) is 14.7 Å². The van der Waals surface area contributed by atoms with Crippen LogP contribution in [-0.2, 0) is 6.54 Å². The van der Waals surface area contributed by atoms with Gasteiger partial charge in [-0.2, -0.15) is 0 Å². The van der Waals surface area contributed by atoms with Gasteiger partial charge >= 0.3 is 0 Å². The number of benzene rings is 2. The molecule has 0 saturated carbocycles. The number of nitrogens with zero attached hydrogens (tertiary/aromatic N) is 3. The van der Waals surface area contributed by atoms with Crippen molar-refractivity contribution in [3.05, 3.63) is 81.5 Å². The highest BCUT2D eigenvalue weighted by Gasteiger charge is 2.27. The molecule has 0 bridgehead atoms. The monoisotopic (exact) mass is 435 g/mol. The number of hydrogen-bond donors (Lipinski definition) is 0. The molecule has 0 fully saturated rings. The largest absolute Gasteiger partial charge is 0.365 e. The predicted molar refractivity (Wildman–Crippen MR) is 119 cm³/mol. The van der Waals surface area contributed by atoms with E-state index in [1.54, 1.807) is 11.3 Å². The minimum Gasteiger partial charge on any atom is -0.365 e. The first-order valence-corrected chi connectivity index (χ1v) is 10.6. The van der Waals surface area contributed by atoms with Crippen LogP contribution in [0.15, 0.2) is 70.3 Å². The van der Waals surface area contributed by atoms with Gasteiger partial charge in [-0.3, -0.25) is 9.80 Å². The summed E-state index contributed by atoms with van der Waals surface area (Å²) in [6.07, 6.45) is 1.13. The van der Waals surface area contributed by atoms with Gasteiger partial charge in [-0.05, 0) is 35.4 Å². The van der Waals surface area contributed by atoms with Gasteiger partial charge < -0.3 is 4.90 Å². The minimum atomic E-state index is 0.835. The van der Waals surface area contributed by atoms with E-state index in [1.807, 2.05) is 18.2 Å². The first-order valence-electron chi connectivity index (χ1n) is 9.82. The van der Waals surface area contributed by atoms with E-state index in [0.717, 1.165) is 55.8 Å². The molecule has 0 N–H and O–H groups in total. The molecule has 4 rings (SSSR count). The molecule has 0 spiro atoms. The zero-order valence-corrected chi connectivity index (χ0v) is 18.0. The lowest BCUT2D eigenvalue weighted by molar-refractivity contribution is 0.137. The van der Waals surface area contributed by atoms with Crippen LogP contribution in [-0.4, -0.2) is 54.6 Å². The van der Waals surface area contributed by atoms with Gasteiger partial charge in [0.05, 0.1) is 13.2 Å². The van der Waals surface area contributed by atoms with Crippen molar-refractivity contribution in [2.24, 2.45) is 0 Å². The standard InChI is InChI=1S/C24H26BrN3/c1-26-19-28(16-21-9-11-23(25)12-10-21)18-22-17-27(15-13-24(22)26)14-5-8-20-6-3-2-4-7-20/h2-4,6-7,9-12H,13-19H2,1H3. The van der Waals surface area contributed by atoms with Gasteiger partial charge in [-0.1, -0.05) is 58.1 Å². The molecule has 0 atom stereocenters. The molecule has 144 valence electrons. The van der Waals surface area contributed by atoms with Crippen LogP contribution in [0.4, 0.5) is 0 Å². The number of halogens is 1. The molecule has 0 saturated heterocycles. The summed E-state index contributed by atoms with van der Waals surface area (Å²) in [6.45, 7) is 6.00. The van der Waals surface area contributed by atoms with Crippen LogP contribution in [0.5, 0.6) is 0 Å². The van der Waals surface area contributed by atoms with E-state index in [0.29, 0.717) is 0 Å². The summed E-state index contributed by atoms with van der Waals surface area (Å²) >= 11 is 3.52. The number of rotatable bonds is 3. The summed E-state index contributed by atoms with van der Waals surface area (Å²) in [7, 11) is 2.23. The summed E-state index contributed by atoms with van der Waals surface area (Å²) < 4.78 is 1.14. The molecular weight excluding hydrogens is 410 g/mol. The van der Waals surface area contributed by atoms with Crippen LogP contribution in [0.25, 0.3) is 0 Å². The van der Waals surface area contributed by atoms with Crippen molar-refractivity contribution in [2.75, 3.05) is 39.9 Å². The maximum atomic E-state index is 3.52. The zero-order valence-electron chi connectivity index (χ0n) is 16.4. The molecular formula is C24H26BrN3. The fourth-order valence-corrected chi connectivity index (χ4v) is 4.32. The third-order valence-electron chi connectivity index (χ3n) is 5.40. The lowest BCUT2D eigenvalue weighted by Crippen LogP contribution is -2.47. The Kier molecular flexibility index (Phi) is 6.17.